The van der Waals surface area contributed by atoms with Crippen LogP contribution in [-0.2, 0) is 25.5 Å². The van der Waals surface area contributed by atoms with E-state index in [-0.39, 0.29) is 24.3 Å². The van der Waals surface area contributed by atoms with Gasteiger partial charge in [-0.3, -0.25) is 14.4 Å². The lowest BCUT2D eigenvalue weighted by Crippen LogP contribution is -2.61. The van der Waals surface area contributed by atoms with Crippen LogP contribution in [0.3, 0.4) is 0 Å². The van der Waals surface area contributed by atoms with Gasteiger partial charge in [0, 0.05) is 25.7 Å². The highest BCUT2D eigenvalue weighted by Gasteiger charge is 2.76. The summed E-state index contributed by atoms with van der Waals surface area (Å²) >= 11 is 0. The zero-order valence-electron chi connectivity index (χ0n) is 23.0. The topological polar surface area (TPSA) is 90.4 Å². The number of fused-ring (bicyclic) bond motifs is 2. The van der Waals surface area contributed by atoms with Gasteiger partial charge in [-0.15, -0.1) is 0 Å². The predicted molar refractivity (Wildman–Crippen MR) is 143 cm³/mol. The van der Waals surface area contributed by atoms with Crippen LogP contribution < -0.4 is 0 Å². The van der Waals surface area contributed by atoms with Crippen molar-refractivity contribution < 1.29 is 24.2 Å². The molecule has 8 heteroatoms. The fraction of sp³-hybridized carbons (Fsp3) is 0.567. The second-order valence-corrected chi connectivity index (χ2v) is 12.0. The zero-order valence-corrected chi connectivity index (χ0v) is 23.0. The minimum Gasteiger partial charge on any atom is -0.394 e. The molecule has 4 heterocycles. The predicted octanol–water partition coefficient (Wildman–Crippen LogP) is 2.18. The molecule has 204 valence electrons. The van der Waals surface area contributed by atoms with E-state index in [2.05, 4.69) is 0 Å². The molecule has 0 bridgehead atoms. The van der Waals surface area contributed by atoms with E-state index in [1.165, 1.54) is 0 Å². The smallest absolute Gasteiger partial charge is 0.249 e. The Morgan fingerprint density at radius 3 is 2.32 bits per heavy atom. The van der Waals surface area contributed by atoms with E-state index in [9.17, 15) is 19.5 Å². The van der Waals surface area contributed by atoms with E-state index in [1.807, 2.05) is 82.3 Å². The van der Waals surface area contributed by atoms with Crippen LogP contribution >= 0.6 is 0 Å². The van der Waals surface area contributed by atoms with Crippen LogP contribution in [0.25, 0.3) is 0 Å². The van der Waals surface area contributed by atoms with Crippen LogP contribution in [0.15, 0.2) is 54.6 Å². The Balaban J connectivity index is 1.69. The van der Waals surface area contributed by atoms with E-state index < -0.39 is 40.7 Å². The molecule has 1 N–H and O–H groups in total. The molecule has 0 aromatic heterocycles. The third-order valence-electron chi connectivity index (χ3n) is 8.81. The monoisotopic (exact) mass is 521 g/mol. The summed E-state index contributed by atoms with van der Waals surface area (Å²) in [7, 11) is 1.74. The first-order valence-corrected chi connectivity index (χ1v) is 13.6. The molecule has 1 spiro atoms. The first-order valence-electron chi connectivity index (χ1n) is 13.6. The number of nitrogens with zero attached hydrogens (tertiary/aromatic N) is 3. The Labute approximate surface area is 224 Å². The summed E-state index contributed by atoms with van der Waals surface area (Å²) in [6, 6.07) is 7.99. The highest BCUT2D eigenvalue weighted by Crippen LogP contribution is 2.59. The Bertz CT molecular complexity index is 1170. The summed E-state index contributed by atoms with van der Waals surface area (Å²) < 4.78 is 6.96. The van der Waals surface area contributed by atoms with Crippen molar-refractivity contribution in [3.05, 3.63) is 60.2 Å². The lowest BCUT2D eigenvalue weighted by atomic mass is 9.73. The van der Waals surface area contributed by atoms with Crippen molar-refractivity contribution >= 4 is 17.7 Å². The summed E-state index contributed by atoms with van der Waals surface area (Å²) in [4.78, 5) is 47.8. The van der Waals surface area contributed by atoms with Gasteiger partial charge in [0.2, 0.25) is 17.7 Å². The standard InChI is InChI=1S/C30H39N3O5/c1-6-29-14-10-16-31(5)25(35)22(29)23-26(36)33(21(19-34)18-20-12-8-7-9-13-20)24-27(37)32(28(2,3)4)17-11-15-30(23,24)38-29/h7-15,21-24,34H,6,16-19H2,1-5H3/t21-,22-,23+,24?,29+,30+/m1/s1. The van der Waals surface area contributed by atoms with Gasteiger partial charge in [-0.05, 0) is 39.2 Å². The van der Waals surface area contributed by atoms with Gasteiger partial charge in [0.25, 0.3) is 0 Å². The van der Waals surface area contributed by atoms with Gasteiger partial charge in [0.1, 0.15) is 11.6 Å². The maximum atomic E-state index is 14.6. The summed E-state index contributed by atoms with van der Waals surface area (Å²) in [6.07, 6.45) is 8.50. The molecule has 0 radical (unpaired) electrons. The first kappa shape index (κ1) is 26.6. The number of carbonyl (C=O) groups is 3. The van der Waals surface area contributed by atoms with Gasteiger partial charge < -0.3 is 24.5 Å². The quantitative estimate of drug-likeness (QED) is 0.600. The highest BCUT2D eigenvalue weighted by molar-refractivity contribution is 6.00. The van der Waals surface area contributed by atoms with Crippen LogP contribution in [0.2, 0.25) is 0 Å². The number of likely N-dealkylation sites (tertiary alicyclic amines) is 1. The number of hydrogen-bond donors (Lipinski definition) is 1. The van der Waals surface area contributed by atoms with Crippen molar-refractivity contribution in [2.24, 2.45) is 11.8 Å². The van der Waals surface area contributed by atoms with Crippen LogP contribution in [0.5, 0.6) is 0 Å². The minimum absolute atomic E-state index is 0.158. The summed E-state index contributed by atoms with van der Waals surface area (Å²) in [6.45, 7) is 8.35. The molecule has 1 aromatic carbocycles. The van der Waals surface area contributed by atoms with E-state index in [4.69, 9.17) is 4.74 Å². The van der Waals surface area contributed by atoms with Gasteiger partial charge >= 0.3 is 0 Å². The second-order valence-electron chi connectivity index (χ2n) is 12.0. The van der Waals surface area contributed by atoms with Gasteiger partial charge in [-0.2, -0.15) is 0 Å². The number of benzene rings is 1. The van der Waals surface area contributed by atoms with Gasteiger partial charge in [-0.1, -0.05) is 61.6 Å². The molecular weight excluding hydrogens is 482 g/mol. The third kappa shape index (κ3) is 3.83. The van der Waals surface area contributed by atoms with E-state index >= 15 is 0 Å². The number of carbonyl (C=O) groups excluding carboxylic acids is 3. The fourth-order valence-electron chi connectivity index (χ4n) is 6.96. The molecule has 3 amide bonds. The molecule has 2 fully saturated rings. The molecule has 4 aliphatic rings. The number of aliphatic hydroxyl groups is 1. The maximum Gasteiger partial charge on any atom is 0.249 e. The number of likely N-dealkylation sites (N-methyl/N-ethyl adjacent to an activating group) is 1. The Morgan fingerprint density at radius 2 is 1.68 bits per heavy atom. The first-order chi connectivity index (χ1) is 18.0. The molecule has 4 aliphatic heterocycles. The van der Waals surface area contributed by atoms with Crippen molar-refractivity contribution in [2.75, 3.05) is 26.7 Å². The van der Waals surface area contributed by atoms with Crippen LogP contribution in [0.1, 0.15) is 39.7 Å². The van der Waals surface area contributed by atoms with Crippen molar-refractivity contribution in [1.82, 2.24) is 14.7 Å². The van der Waals surface area contributed by atoms with Gasteiger partial charge in [-0.25, -0.2) is 0 Å². The number of aliphatic hydroxyl groups excluding tert-OH is 1. The van der Waals surface area contributed by atoms with Crippen molar-refractivity contribution in [3.8, 4) is 0 Å². The Morgan fingerprint density at radius 1 is 1.00 bits per heavy atom. The molecule has 0 aliphatic carbocycles. The molecule has 6 atom stereocenters. The van der Waals surface area contributed by atoms with E-state index in [1.54, 1.807) is 21.7 Å². The summed E-state index contributed by atoms with van der Waals surface area (Å²) in [5.41, 5.74) is -1.87. The van der Waals surface area contributed by atoms with Gasteiger partial charge in [0.05, 0.1) is 30.1 Å². The van der Waals surface area contributed by atoms with Gasteiger partial charge in [0.15, 0.2) is 0 Å². The number of rotatable bonds is 5. The molecule has 5 rings (SSSR count). The van der Waals surface area contributed by atoms with E-state index in [0.29, 0.717) is 25.9 Å². The fourth-order valence-corrected chi connectivity index (χ4v) is 6.96. The lowest BCUT2D eigenvalue weighted by Gasteiger charge is -2.43. The summed E-state index contributed by atoms with van der Waals surface area (Å²) in [5.74, 6) is -2.34. The molecule has 8 nitrogen and oxygen atoms in total. The minimum atomic E-state index is -1.32. The van der Waals surface area contributed by atoms with Crippen molar-refractivity contribution in [2.45, 2.75) is 69.4 Å². The van der Waals surface area contributed by atoms with Crippen LogP contribution in [-0.4, -0.2) is 93.1 Å². The van der Waals surface area contributed by atoms with Crippen LogP contribution in [0.4, 0.5) is 0 Å². The molecule has 0 saturated carbocycles. The number of ether oxygens (including phenoxy) is 1. The highest BCUT2D eigenvalue weighted by atomic mass is 16.5. The lowest BCUT2D eigenvalue weighted by molar-refractivity contribution is -0.159. The maximum absolute atomic E-state index is 14.6. The van der Waals surface area contributed by atoms with Crippen molar-refractivity contribution in [3.63, 3.8) is 0 Å². The number of hydrogen-bond acceptors (Lipinski definition) is 5. The van der Waals surface area contributed by atoms with Crippen molar-refractivity contribution in [1.29, 1.82) is 0 Å². The average Bonchev–Trinajstić information content (AvgIpc) is 3.18. The largest absolute Gasteiger partial charge is 0.394 e. The molecular formula is C30H39N3O5. The molecule has 1 unspecified atom stereocenters. The SMILES string of the molecule is CC[C@]12C=CCN(C)C(=O)[C@H]1[C@H]1C(=O)N([C@@H](CO)Cc3ccccc3)C3C(=O)N(C(C)(C)C)CC=C[C@@]31O2. The van der Waals surface area contributed by atoms with E-state index in [0.717, 1.165) is 5.56 Å². The Hall–Kier alpha value is -2.97. The molecule has 38 heavy (non-hydrogen) atoms. The Kier molecular flexibility index (Phi) is 6.55. The normalized spacial score (nSPS) is 33.7. The number of amides is 3. The molecule has 2 saturated heterocycles. The zero-order chi connectivity index (χ0) is 27.5. The molecule has 1 aromatic rings. The third-order valence-corrected chi connectivity index (χ3v) is 8.81. The summed E-state index contributed by atoms with van der Waals surface area (Å²) in [5, 5.41) is 10.6. The second kappa shape index (κ2) is 9.35. The van der Waals surface area contributed by atoms with Crippen LogP contribution in [0, 0.1) is 11.8 Å². The average molecular weight is 522 g/mol.